The Bertz CT molecular complexity index is 571. The summed E-state index contributed by atoms with van der Waals surface area (Å²) in [5.41, 5.74) is 3.20. The predicted molar refractivity (Wildman–Crippen MR) is 74.4 cm³/mol. The summed E-state index contributed by atoms with van der Waals surface area (Å²) in [6, 6.07) is 3.36. The molecule has 1 aromatic carbocycles. The molecule has 0 saturated carbocycles. The zero-order valence-electron chi connectivity index (χ0n) is 11.3. The molecule has 0 amide bonds. The second kappa shape index (κ2) is 5.24. The van der Waals surface area contributed by atoms with Crippen LogP contribution < -0.4 is 0 Å². The van der Waals surface area contributed by atoms with E-state index in [1.807, 2.05) is 33.8 Å². The van der Waals surface area contributed by atoms with Crippen LogP contribution in [0.5, 0.6) is 0 Å². The zero-order valence-corrected chi connectivity index (χ0v) is 12.1. The molecule has 0 bridgehead atoms. The molecule has 1 unspecified atom stereocenters. The fourth-order valence-corrected chi connectivity index (χ4v) is 2.82. The Labute approximate surface area is 109 Å². The summed E-state index contributed by atoms with van der Waals surface area (Å²) < 4.78 is 32.3. The van der Waals surface area contributed by atoms with Crippen LogP contribution in [0.2, 0.25) is 0 Å². The maximum atomic E-state index is 11.5. The average Bonchev–Trinajstić information content (AvgIpc) is 2.25. The van der Waals surface area contributed by atoms with Gasteiger partial charge in [0.15, 0.2) is 0 Å². The van der Waals surface area contributed by atoms with Gasteiger partial charge in [-0.1, -0.05) is 32.1 Å². The van der Waals surface area contributed by atoms with Crippen LogP contribution in [-0.4, -0.2) is 13.0 Å². The maximum absolute atomic E-state index is 11.5. The first-order valence-electron chi connectivity index (χ1n) is 5.96. The summed E-state index contributed by atoms with van der Waals surface area (Å²) >= 11 is 0. The summed E-state index contributed by atoms with van der Waals surface area (Å²) in [6.07, 6.45) is 0.814. The molecule has 1 atom stereocenters. The first-order valence-corrected chi connectivity index (χ1v) is 7.40. The molecule has 18 heavy (non-hydrogen) atoms. The van der Waals surface area contributed by atoms with Crippen LogP contribution in [0, 0.1) is 6.92 Å². The fraction of sp³-hybridized carbons (Fsp3) is 0.429. The van der Waals surface area contributed by atoms with Crippen molar-refractivity contribution in [1.82, 2.24) is 0 Å². The van der Waals surface area contributed by atoms with E-state index in [1.54, 1.807) is 0 Å². The van der Waals surface area contributed by atoms with Crippen molar-refractivity contribution in [3.63, 3.8) is 0 Å². The predicted octanol–water partition coefficient (Wildman–Crippen LogP) is 3.79. The van der Waals surface area contributed by atoms with Gasteiger partial charge in [0.2, 0.25) is 0 Å². The van der Waals surface area contributed by atoms with Crippen LogP contribution in [0.3, 0.4) is 0 Å². The molecule has 0 aliphatic rings. The quantitative estimate of drug-likeness (QED) is 0.845. The number of benzene rings is 1. The van der Waals surface area contributed by atoms with Crippen molar-refractivity contribution in [3.05, 3.63) is 35.4 Å². The Morgan fingerprint density at radius 2 is 2.00 bits per heavy atom. The summed E-state index contributed by atoms with van der Waals surface area (Å²) in [5.74, 6) is 0.0831. The number of rotatable bonds is 4. The molecule has 0 fully saturated rings. The smallest absolute Gasteiger partial charge is 0.282 e. The lowest BCUT2D eigenvalue weighted by Gasteiger charge is -2.17. The number of hydrogen-bond acceptors (Lipinski definition) is 2. The first kappa shape index (κ1) is 14.9. The van der Waals surface area contributed by atoms with Gasteiger partial charge in [-0.05, 0) is 48.9 Å². The third-order valence-electron chi connectivity index (χ3n) is 3.24. The zero-order chi connectivity index (χ0) is 14.1. The minimum Gasteiger partial charge on any atom is -0.282 e. The molecule has 1 aromatic rings. The van der Waals surface area contributed by atoms with Gasteiger partial charge in [0, 0.05) is 0 Å². The van der Waals surface area contributed by atoms with Gasteiger partial charge < -0.3 is 0 Å². The van der Waals surface area contributed by atoms with Crippen molar-refractivity contribution < 1.29 is 13.0 Å². The van der Waals surface area contributed by atoms with E-state index in [1.165, 1.54) is 6.07 Å². The summed E-state index contributed by atoms with van der Waals surface area (Å²) in [6.45, 7) is 11.5. The highest BCUT2D eigenvalue weighted by atomic mass is 32.2. The highest BCUT2D eigenvalue weighted by Crippen LogP contribution is 2.31. The van der Waals surface area contributed by atoms with Gasteiger partial charge in [0.25, 0.3) is 10.1 Å². The molecule has 0 radical (unpaired) electrons. The van der Waals surface area contributed by atoms with Gasteiger partial charge in [0.1, 0.15) is 0 Å². The van der Waals surface area contributed by atoms with Crippen LogP contribution in [0.1, 0.15) is 49.8 Å². The van der Waals surface area contributed by atoms with E-state index >= 15 is 0 Å². The highest BCUT2D eigenvalue weighted by Gasteiger charge is 2.20. The molecule has 0 spiro atoms. The topological polar surface area (TPSA) is 54.4 Å². The third-order valence-corrected chi connectivity index (χ3v) is 4.15. The standard InChI is InChI=1S/C14H20O3S/c1-6-10(4)13-7-11(5)12(9(2)3)8-14(13)18(15,16)17/h7-8,10H,2,6H2,1,3-5H3,(H,15,16,17). The number of aryl methyl sites for hydroxylation is 1. The Morgan fingerprint density at radius 3 is 2.39 bits per heavy atom. The van der Waals surface area contributed by atoms with Crippen molar-refractivity contribution >= 4 is 15.7 Å². The van der Waals surface area contributed by atoms with Gasteiger partial charge in [-0.25, -0.2) is 0 Å². The molecule has 0 aromatic heterocycles. The molecule has 1 N–H and O–H groups in total. The second-order valence-electron chi connectivity index (χ2n) is 4.77. The second-order valence-corrected chi connectivity index (χ2v) is 6.16. The van der Waals surface area contributed by atoms with E-state index in [2.05, 4.69) is 6.58 Å². The maximum Gasteiger partial charge on any atom is 0.294 e. The van der Waals surface area contributed by atoms with Crippen molar-refractivity contribution in [3.8, 4) is 0 Å². The highest BCUT2D eigenvalue weighted by molar-refractivity contribution is 7.85. The molecule has 0 saturated heterocycles. The van der Waals surface area contributed by atoms with Crippen LogP contribution in [0.25, 0.3) is 5.57 Å². The van der Waals surface area contributed by atoms with Crippen LogP contribution in [0.15, 0.2) is 23.6 Å². The number of allylic oxidation sites excluding steroid dienone is 1. The first-order chi connectivity index (χ1) is 8.18. The summed E-state index contributed by atoms with van der Waals surface area (Å²) in [5, 5.41) is 0. The minimum atomic E-state index is -4.20. The molecule has 4 heteroatoms. The average molecular weight is 268 g/mol. The van der Waals surface area contributed by atoms with E-state index < -0.39 is 10.1 Å². The van der Waals surface area contributed by atoms with E-state index in [4.69, 9.17) is 0 Å². The van der Waals surface area contributed by atoms with Gasteiger partial charge in [-0.15, -0.1) is 0 Å². The summed E-state index contributed by atoms with van der Waals surface area (Å²) in [4.78, 5) is 0.000417. The molecule has 3 nitrogen and oxygen atoms in total. The van der Waals surface area contributed by atoms with Gasteiger partial charge in [-0.3, -0.25) is 4.55 Å². The Balaban J connectivity index is 3.63. The fourth-order valence-electron chi connectivity index (χ4n) is 2.00. The van der Waals surface area contributed by atoms with E-state index in [9.17, 15) is 13.0 Å². The molecule has 0 heterocycles. The van der Waals surface area contributed by atoms with E-state index in [0.29, 0.717) is 5.56 Å². The van der Waals surface area contributed by atoms with Crippen LogP contribution >= 0.6 is 0 Å². The molecule has 100 valence electrons. The van der Waals surface area contributed by atoms with E-state index in [0.717, 1.165) is 23.1 Å². The van der Waals surface area contributed by atoms with Crippen molar-refractivity contribution in [2.45, 2.75) is 44.9 Å². The molecular formula is C14H20O3S. The molecule has 1 rings (SSSR count). The summed E-state index contributed by atoms with van der Waals surface area (Å²) in [7, 11) is -4.20. The largest absolute Gasteiger partial charge is 0.294 e. The van der Waals surface area contributed by atoms with Crippen molar-refractivity contribution in [2.24, 2.45) is 0 Å². The van der Waals surface area contributed by atoms with Crippen molar-refractivity contribution in [2.75, 3.05) is 0 Å². The molecule has 0 aliphatic carbocycles. The van der Waals surface area contributed by atoms with Gasteiger partial charge in [0.05, 0.1) is 4.90 Å². The molecule has 0 aliphatic heterocycles. The van der Waals surface area contributed by atoms with Crippen molar-refractivity contribution in [1.29, 1.82) is 0 Å². The minimum absolute atomic E-state index is 0.000417. The Kier molecular flexibility index (Phi) is 4.35. The SMILES string of the molecule is C=C(C)c1cc(S(=O)(=O)O)c(C(C)CC)cc1C. The normalized spacial score (nSPS) is 13.4. The lowest BCUT2D eigenvalue weighted by molar-refractivity contribution is 0.480. The van der Waals surface area contributed by atoms with Crippen LogP contribution in [-0.2, 0) is 10.1 Å². The number of hydrogen-bond donors (Lipinski definition) is 1. The third kappa shape index (κ3) is 3.00. The lowest BCUT2D eigenvalue weighted by atomic mass is 9.93. The van der Waals surface area contributed by atoms with Gasteiger partial charge >= 0.3 is 0 Å². The lowest BCUT2D eigenvalue weighted by Crippen LogP contribution is -2.07. The van der Waals surface area contributed by atoms with E-state index in [-0.39, 0.29) is 10.8 Å². The Hall–Kier alpha value is -1.13. The Morgan fingerprint density at radius 1 is 1.44 bits per heavy atom. The van der Waals surface area contributed by atoms with Gasteiger partial charge in [-0.2, -0.15) is 8.42 Å². The van der Waals surface area contributed by atoms with Crippen LogP contribution in [0.4, 0.5) is 0 Å². The molecular weight excluding hydrogens is 248 g/mol. The monoisotopic (exact) mass is 268 g/mol.